The fourth-order valence-corrected chi connectivity index (χ4v) is 3.37. The van der Waals surface area contributed by atoms with E-state index in [-0.39, 0.29) is 35.0 Å². The number of benzene rings is 1. The first-order valence-electron chi connectivity index (χ1n) is 8.82. The SMILES string of the molecule is Cc1cc(=O)cc(C(=O)N2CCc3cc(=O)n(-c4ccc(F)cc4)cc3C2)o1. The molecule has 0 spiro atoms. The smallest absolute Gasteiger partial charge is 0.290 e. The van der Waals surface area contributed by atoms with Crippen molar-refractivity contribution in [1.82, 2.24) is 9.47 Å². The number of carbonyl (C=O) groups is 1. The fourth-order valence-electron chi connectivity index (χ4n) is 3.37. The van der Waals surface area contributed by atoms with Crippen molar-refractivity contribution in [2.45, 2.75) is 19.9 Å². The Morgan fingerprint density at radius 3 is 2.54 bits per heavy atom. The molecule has 0 aliphatic carbocycles. The first-order chi connectivity index (χ1) is 13.4. The molecule has 0 saturated carbocycles. The number of amides is 1. The van der Waals surface area contributed by atoms with Gasteiger partial charge in [0.1, 0.15) is 11.6 Å². The number of rotatable bonds is 2. The number of nitrogens with zero attached hydrogens (tertiary/aromatic N) is 2. The van der Waals surface area contributed by atoms with Gasteiger partial charge in [-0.1, -0.05) is 0 Å². The molecule has 142 valence electrons. The van der Waals surface area contributed by atoms with Gasteiger partial charge in [0.05, 0.1) is 0 Å². The first kappa shape index (κ1) is 17.9. The van der Waals surface area contributed by atoms with Gasteiger partial charge >= 0.3 is 0 Å². The van der Waals surface area contributed by atoms with Gasteiger partial charge in [0.2, 0.25) is 0 Å². The molecular formula is C21H17FN2O4. The number of halogens is 1. The van der Waals surface area contributed by atoms with E-state index in [2.05, 4.69) is 0 Å². The van der Waals surface area contributed by atoms with Gasteiger partial charge in [0.15, 0.2) is 11.2 Å². The Morgan fingerprint density at radius 2 is 1.82 bits per heavy atom. The fraction of sp³-hybridized carbons (Fsp3) is 0.190. The van der Waals surface area contributed by atoms with Crippen molar-refractivity contribution < 1.29 is 13.6 Å². The second-order valence-electron chi connectivity index (χ2n) is 6.75. The minimum Gasteiger partial charge on any atom is -0.456 e. The van der Waals surface area contributed by atoms with Crippen molar-refractivity contribution in [3.63, 3.8) is 0 Å². The molecular weight excluding hydrogens is 363 g/mol. The molecule has 0 unspecified atom stereocenters. The maximum absolute atomic E-state index is 13.2. The normalized spacial score (nSPS) is 13.3. The summed E-state index contributed by atoms with van der Waals surface area (Å²) in [5, 5.41) is 0. The van der Waals surface area contributed by atoms with E-state index < -0.39 is 0 Å². The quantitative estimate of drug-likeness (QED) is 0.685. The van der Waals surface area contributed by atoms with Crippen molar-refractivity contribution in [1.29, 1.82) is 0 Å². The van der Waals surface area contributed by atoms with E-state index in [1.54, 1.807) is 24.1 Å². The summed E-state index contributed by atoms with van der Waals surface area (Å²) in [7, 11) is 0. The van der Waals surface area contributed by atoms with Crippen molar-refractivity contribution in [3.8, 4) is 5.69 Å². The topological polar surface area (TPSA) is 72.5 Å². The Hall–Kier alpha value is -3.48. The number of fused-ring (bicyclic) bond motifs is 1. The molecule has 1 aliphatic heterocycles. The minimum atomic E-state index is -0.383. The Labute approximate surface area is 159 Å². The summed E-state index contributed by atoms with van der Waals surface area (Å²) in [6.45, 7) is 2.32. The second-order valence-corrected chi connectivity index (χ2v) is 6.75. The van der Waals surface area contributed by atoms with Crippen LogP contribution in [0.1, 0.15) is 27.4 Å². The average molecular weight is 380 g/mol. The molecule has 1 amide bonds. The standard InChI is InChI=1S/C21H17FN2O4/c1-13-8-18(25)10-19(28-13)21(27)23-7-6-14-9-20(26)24(12-15(14)11-23)17-4-2-16(22)3-5-17/h2-5,8-10,12H,6-7,11H2,1H3. The lowest BCUT2D eigenvalue weighted by atomic mass is 10.0. The molecule has 7 heteroatoms. The maximum atomic E-state index is 13.2. The third-order valence-electron chi connectivity index (χ3n) is 4.74. The van der Waals surface area contributed by atoms with Crippen LogP contribution in [0.2, 0.25) is 0 Å². The largest absolute Gasteiger partial charge is 0.456 e. The molecule has 3 heterocycles. The Morgan fingerprint density at radius 1 is 1.07 bits per heavy atom. The molecule has 4 rings (SSSR count). The lowest BCUT2D eigenvalue weighted by Crippen LogP contribution is -2.37. The highest BCUT2D eigenvalue weighted by Crippen LogP contribution is 2.20. The zero-order valence-corrected chi connectivity index (χ0v) is 15.1. The summed E-state index contributed by atoms with van der Waals surface area (Å²) >= 11 is 0. The number of hydrogen-bond acceptors (Lipinski definition) is 4. The molecule has 28 heavy (non-hydrogen) atoms. The van der Waals surface area contributed by atoms with E-state index >= 15 is 0 Å². The molecule has 0 saturated heterocycles. The van der Waals surface area contributed by atoms with Crippen LogP contribution in [0, 0.1) is 12.7 Å². The molecule has 1 aliphatic rings. The van der Waals surface area contributed by atoms with E-state index in [0.29, 0.717) is 24.4 Å². The molecule has 0 atom stereocenters. The van der Waals surface area contributed by atoms with Gasteiger partial charge in [0, 0.05) is 43.2 Å². The lowest BCUT2D eigenvalue weighted by molar-refractivity contribution is 0.0697. The first-order valence-corrected chi connectivity index (χ1v) is 8.82. The molecule has 0 bridgehead atoms. The van der Waals surface area contributed by atoms with Gasteiger partial charge in [-0.05, 0) is 48.7 Å². The number of carbonyl (C=O) groups excluding carboxylic acids is 1. The van der Waals surface area contributed by atoms with Gasteiger partial charge in [0.25, 0.3) is 11.5 Å². The number of aryl methyl sites for hydroxylation is 1. The predicted molar refractivity (Wildman–Crippen MR) is 100 cm³/mol. The Kier molecular flexibility index (Phi) is 4.43. The summed E-state index contributed by atoms with van der Waals surface area (Å²) < 4.78 is 20.0. The zero-order chi connectivity index (χ0) is 19.8. The van der Waals surface area contributed by atoms with Crippen LogP contribution in [0.3, 0.4) is 0 Å². The Bertz CT molecular complexity index is 1180. The van der Waals surface area contributed by atoms with Gasteiger partial charge in [-0.2, -0.15) is 0 Å². The van der Waals surface area contributed by atoms with Crippen molar-refractivity contribution in [2.75, 3.05) is 6.54 Å². The van der Waals surface area contributed by atoms with E-state index in [1.807, 2.05) is 0 Å². The van der Waals surface area contributed by atoms with Crippen LogP contribution >= 0.6 is 0 Å². The van der Waals surface area contributed by atoms with Crippen LogP contribution in [-0.2, 0) is 13.0 Å². The highest BCUT2D eigenvalue weighted by molar-refractivity contribution is 5.91. The lowest BCUT2D eigenvalue weighted by Gasteiger charge is -2.28. The zero-order valence-electron chi connectivity index (χ0n) is 15.1. The van der Waals surface area contributed by atoms with Crippen molar-refractivity contribution in [2.24, 2.45) is 0 Å². The van der Waals surface area contributed by atoms with Gasteiger partial charge in [-0.25, -0.2) is 4.39 Å². The van der Waals surface area contributed by atoms with E-state index in [9.17, 15) is 18.8 Å². The van der Waals surface area contributed by atoms with Gasteiger partial charge in [-0.3, -0.25) is 19.0 Å². The molecule has 2 aromatic heterocycles. The van der Waals surface area contributed by atoms with E-state index in [0.717, 1.165) is 11.1 Å². The highest BCUT2D eigenvalue weighted by atomic mass is 19.1. The van der Waals surface area contributed by atoms with E-state index in [4.69, 9.17) is 4.42 Å². The van der Waals surface area contributed by atoms with Crippen LogP contribution in [0.5, 0.6) is 0 Å². The molecule has 1 aromatic carbocycles. The molecule has 3 aromatic rings. The minimum absolute atomic E-state index is 0.000283. The van der Waals surface area contributed by atoms with Crippen molar-refractivity contribution >= 4 is 5.91 Å². The third kappa shape index (κ3) is 3.38. The number of pyridine rings is 1. The van der Waals surface area contributed by atoms with Crippen LogP contribution in [0.15, 0.2) is 62.7 Å². The summed E-state index contributed by atoms with van der Waals surface area (Å²) in [6, 6.07) is 9.68. The molecule has 6 nitrogen and oxygen atoms in total. The predicted octanol–water partition coefficient (Wildman–Crippen LogP) is 2.44. The molecule has 0 fully saturated rings. The summed E-state index contributed by atoms with van der Waals surface area (Å²) in [5.41, 5.74) is 1.74. The van der Waals surface area contributed by atoms with Crippen LogP contribution in [-0.4, -0.2) is 21.9 Å². The van der Waals surface area contributed by atoms with Crippen LogP contribution in [0.25, 0.3) is 5.69 Å². The molecule has 0 radical (unpaired) electrons. The van der Waals surface area contributed by atoms with Gasteiger partial charge in [-0.15, -0.1) is 0 Å². The van der Waals surface area contributed by atoms with Crippen LogP contribution < -0.4 is 11.0 Å². The summed E-state index contributed by atoms with van der Waals surface area (Å²) in [5.74, 6) is -0.379. The van der Waals surface area contributed by atoms with Gasteiger partial charge < -0.3 is 9.32 Å². The summed E-state index contributed by atoms with van der Waals surface area (Å²) in [6.07, 6.45) is 2.20. The molecule has 0 N–H and O–H groups in total. The number of aromatic nitrogens is 1. The monoisotopic (exact) mass is 380 g/mol. The Balaban J connectivity index is 1.67. The summed E-state index contributed by atoms with van der Waals surface area (Å²) in [4.78, 5) is 38.4. The highest BCUT2D eigenvalue weighted by Gasteiger charge is 2.25. The van der Waals surface area contributed by atoms with E-state index in [1.165, 1.54) is 41.0 Å². The van der Waals surface area contributed by atoms with Crippen molar-refractivity contribution in [3.05, 3.63) is 97.7 Å². The number of hydrogen-bond donors (Lipinski definition) is 0. The van der Waals surface area contributed by atoms with Crippen LogP contribution in [0.4, 0.5) is 4.39 Å². The average Bonchev–Trinajstić information content (AvgIpc) is 2.66. The third-order valence-corrected chi connectivity index (χ3v) is 4.74. The second kappa shape index (κ2) is 6.92. The maximum Gasteiger partial charge on any atom is 0.290 e.